The number of sulfonamides is 1. The summed E-state index contributed by atoms with van der Waals surface area (Å²) < 4.78 is 37.5. The molecule has 162 valence electrons. The third kappa shape index (κ3) is 4.75. The van der Waals surface area contributed by atoms with E-state index in [0.717, 1.165) is 18.4 Å². The zero-order valence-electron chi connectivity index (χ0n) is 16.9. The molecule has 10 heteroatoms. The largest absolute Gasteiger partial charge is 0.481 e. The van der Waals surface area contributed by atoms with Crippen LogP contribution in [0.25, 0.3) is 11.5 Å². The summed E-state index contributed by atoms with van der Waals surface area (Å²) in [5.74, 6) is 0.557. The molecule has 2 heterocycles. The van der Waals surface area contributed by atoms with Gasteiger partial charge in [-0.05, 0) is 68.3 Å². The maximum Gasteiger partial charge on any atom is 0.265 e. The highest BCUT2D eigenvalue weighted by Crippen LogP contribution is 2.23. The minimum atomic E-state index is -3.48. The van der Waals surface area contributed by atoms with E-state index in [2.05, 4.69) is 15.5 Å². The Labute approximate surface area is 180 Å². The molecule has 0 radical (unpaired) electrons. The molecule has 0 bridgehead atoms. The number of carbonyl (C=O) groups excluding carboxylic acids is 1. The number of nitrogens with zero attached hydrogens (tertiary/aromatic N) is 3. The van der Waals surface area contributed by atoms with Gasteiger partial charge in [-0.1, -0.05) is 0 Å². The molecular formula is C21H22N4O5S. The second-order valence-corrected chi connectivity index (χ2v) is 9.09. The van der Waals surface area contributed by atoms with Crippen molar-refractivity contribution in [3.8, 4) is 17.2 Å². The minimum absolute atomic E-state index is 0.220. The summed E-state index contributed by atoms with van der Waals surface area (Å²) in [5.41, 5.74) is 1.23. The van der Waals surface area contributed by atoms with Crippen molar-refractivity contribution in [2.24, 2.45) is 0 Å². The number of nitrogens with one attached hydrogen (secondary N) is 1. The Morgan fingerprint density at radius 2 is 1.77 bits per heavy atom. The molecule has 1 aliphatic rings. The van der Waals surface area contributed by atoms with Crippen LogP contribution >= 0.6 is 0 Å². The van der Waals surface area contributed by atoms with E-state index in [1.165, 1.54) is 22.8 Å². The highest BCUT2D eigenvalue weighted by atomic mass is 32.2. The van der Waals surface area contributed by atoms with Crippen LogP contribution in [0.1, 0.15) is 19.8 Å². The van der Waals surface area contributed by atoms with Crippen LogP contribution in [-0.4, -0.2) is 48.0 Å². The van der Waals surface area contributed by atoms with Gasteiger partial charge in [-0.2, -0.15) is 4.31 Å². The third-order valence-electron chi connectivity index (χ3n) is 4.97. The molecule has 1 amide bonds. The van der Waals surface area contributed by atoms with Crippen LogP contribution in [0.3, 0.4) is 0 Å². The molecule has 0 saturated carbocycles. The van der Waals surface area contributed by atoms with Crippen LogP contribution in [0.4, 0.5) is 5.69 Å². The molecule has 1 saturated heterocycles. The molecule has 0 aliphatic carbocycles. The Morgan fingerprint density at radius 3 is 2.39 bits per heavy atom. The van der Waals surface area contributed by atoms with Crippen LogP contribution in [0.15, 0.2) is 64.2 Å². The van der Waals surface area contributed by atoms with Crippen LogP contribution in [0.2, 0.25) is 0 Å². The second kappa shape index (κ2) is 8.86. The van der Waals surface area contributed by atoms with Gasteiger partial charge in [0.15, 0.2) is 6.10 Å². The van der Waals surface area contributed by atoms with Gasteiger partial charge in [-0.3, -0.25) is 4.79 Å². The average Bonchev–Trinajstić information content (AvgIpc) is 3.49. The first-order valence-corrected chi connectivity index (χ1v) is 11.3. The van der Waals surface area contributed by atoms with Crippen molar-refractivity contribution in [3.05, 3.63) is 54.9 Å². The fourth-order valence-electron chi connectivity index (χ4n) is 3.26. The van der Waals surface area contributed by atoms with E-state index < -0.39 is 16.1 Å². The number of ether oxygens (including phenoxy) is 1. The molecule has 31 heavy (non-hydrogen) atoms. The van der Waals surface area contributed by atoms with Crippen molar-refractivity contribution in [2.45, 2.75) is 30.8 Å². The van der Waals surface area contributed by atoms with E-state index in [9.17, 15) is 13.2 Å². The van der Waals surface area contributed by atoms with E-state index in [1.54, 1.807) is 43.3 Å². The lowest BCUT2D eigenvalue weighted by Crippen LogP contribution is -2.30. The minimum Gasteiger partial charge on any atom is -0.481 e. The van der Waals surface area contributed by atoms with Crippen molar-refractivity contribution < 1.29 is 22.4 Å². The summed E-state index contributed by atoms with van der Waals surface area (Å²) in [7, 11) is -3.48. The SMILES string of the molecule is CC(Oc1ccc(-c2nnco2)cc1)C(=O)Nc1ccc(S(=O)(=O)N2CCCC2)cc1. The number of carbonyl (C=O) groups is 1. The number of rotatable bonds is 7. The molecule has 9 nitrogen and oxygen atoms in total. The van der Waals surface area contributed by atoms with Crippen molar-refractivity contribution in [3.63, 3.8) is 0 Å². The van der Waals surface area contributed by atoms with Gasteiger partial charge in [-0.25, -0.2) is 8.42 Å². The molecule has 1 aliphatic heterocycles. The standard InChI is InChI=1S/C21H22N4O5S/c1-15(30-18-8-4-16(5-9-18)21-24-22-14-29-21)20(26)23-17-6-10-19(11-7-17)31(27,28)25-12-2-3-13-25/h4-11,14-15H,2-3,12-13H2,1H3,(H,23,26). The number of anilines is 1. The summed E-state index contributed by atoms with van der Waals surface area (Å²) in [6, 6.07) is 13.1. The molecule has 4 rings (SSSR count). The van der Waals surface area contributed by atoms with E-state index in [4.69, 9.17) is 9.15 Å². The highest BCUT2D eigenvalue weighted by Gasteiger charge is 2.27. The van der Waals surface area contributed by atoms with Crippen LogP contribution < -0.4 is 10.1 Å². The normalized spacial score (nSPS) is 15.5. The quantitative estimate of drug-likeness (QED) is 0.598. The van der Waals surface area contributed by atoms with Gasteiger partial charge in [0.05, 0.1) is 4.90 Å². The lowest BCUT2D eigenvalue weighted by molar-refractivity contribution is -0.122. The molecule has 2 aromatic carbocycles. The predicted molar refractivity (Wildman–Crippen MR) is 113 cm³/mol. The highest BCUT2D eigenvalue weighted by molar-refractivity contribution is 7.89. The Bertz CT molecular complexity index is 1120. The monoisotopic (exact) mass is 442 g/mol. The number of benzene rings is 2. The average molecular weight is 442 g/mol. The number of hydrogen-bond donors (Lipinski definition) is 1. The summed E-state index contributed by atoms with van der Waals surface area (Å²) in [5, 5.41) is 10.2. The first-order chi connectivity index (χ1) is 14.9. The maximum atomic E-state index is 12.6. The molecule has 1 N–H and O–H groups in total. The topological polar surface area (TPSA) is 115 Å². The zero-order chi connectivity index (χ0) is 21.8. The molecule has 3 aromatic rings. The van der Waals surface area contributed by atoms with E-state index in [1.807, 2.05) is 0 Å². The van der Waals surface area contributed by atoms with Gasteiger partial charge in [0, 0.05) is 24.3 Å². The van der Waals surface area contributed by atoms with E-state index in [-0.39, 0.29) is 10.8 Å². The Morgan fingerprint density at radius 1 is 1.10 bits per heavy atom. The third-order valence-corrected chi connectivity index (χ3v) is 6.88. The summed E-state index contributed by atoms with van der Waals surface area (Å²) in [6.45, 7) is 2.73. The fraction of sp³-hybridized carbons (Fsp3) is 0.286. The molecule has 1 atom stereocenters. The lowest BCUT2D eigenvalue weighted by Gasteiger charge is -2.17. The van der Waals surface area contributed by atoms with Gasteiger partial charge >= 0.3 is 0 Å². The van der Waals surface area contributed by atoms with Gasteiger partial charge in [0.1, 0.15) is 5.75 Å². The molecule has 1 fully saturated rings. The molecular weight excluding hydrogens is 420 g/mol. The molecule has 1 unspecified atom stereocenters. The van der Waals surface area contributed by atoms with Gasteiger partial charge in [0.25, 0.3) is 5.91 Å². The van der Waals surface area contributed by atoms with Crippen molar-refractivity contribution in [2.75, 3.05) is 18.4 Å². The van der Waals surface area contributed by atoms with Crippen molar-refractivity contribution in [1.82, 2.24) is 14.5 Å². The zero-order valence-corrected chi connectivity index (χ0v) is 17.7. The Balaban J connectivity index is 1.35. The Kier molecular flexibility index (Phi) is 6.01. The summed E-state index contributed by atoms with van der Waals surface area (Å²) >= 11 is 0. The molecule has 1 aromatic heterocycles. The summed E-state index contributed by atoms with van der Waals surface area (Å²) in [4.78, 5) is 12.7. The Hall–Kier alpha value is -3.24. The van der Waals surface area contributed by atoms with Crippen LogP contribution in [-0.2, 0) is 14.8 Å². The van der Waals surface area contributed by atoms with Crippen molar-refractivity contribution >= 4 is 21.6 Å². The van der Waals surface area contributed by atoms with Gasteiger partial charge in [0.2, 0.25) is 22.3 Å². The summed E-state index contributed by atoms with van der Waals surface area (Å²) in [6.07, 6.45) is 2.25. The van der Waals surface area contributed by atoms with Crippen LogP contribution in [0, 0.1) is 0 Å². The smallest absolute Gasteiger partial charge is 0.265 e. The van der Waals surface area contributed by atoms with Crippen molar-refractivity contribution in [1.29, 1.82) is 0 Å². The number of hydrogen-bond acceptors (Lipinski definition) is 7. The van der Waals surface area contributed by atoms with Crippen LogP contribution in [0.5, 0.6) is 5.75 Å². The van der Waals surface area contributed by atoms with E-state index >= 15 is 0 Å². The fourth-order valence-corrected chi connectivity index (χ4v) is 4.78. The number of amides is 1. The maximum absolute atomic E-state index is 12.6. The second-order valence-electron chi connectivity index (χ2n) is 7.15. The van der Waals surface area contributed by atoms with Gasteiger partial charge < -0.3 is 14.5 Å². The van der Waals surface area contributed by atoms with E-state index in [0.29, 0.717) is 30.4 Å². The lowest BCUT2D eigenvalue weighted by atomic mass is 10.2. The molecule has 0 spiro atoms. The van der Waals surface area contributed by atoms with Gasteiger partial charge in [-0.15, -0.1) is 10.2 Å². The first kappa shape index (κ1) is 21.0. The number of aromatic nitrogens is 2. The predicted octanol–water partition coefficient (Wildman–Crippen LogP) is 2.93. The first-order valence-electron chi connectivity index (χ1n) is 9.88.